The molecule has 0 aliphatic carbocycles. The zero-order valence-electron chi connectivity index (χ0n) is 4.54. The Morgan fingerprint density at radius 2 is 2.38 bits per heavy atom. The molecular formula is C6H9NO+. The zero-order valence-corrected chi connectivity index (χ0v) is 4.54. The summed E-state index contributed by atoms with van der Waals surface area (Å²) < 4.78 is 0. The van der Waals surface area contributed by atoms with Crippen LogP contribution in [0.2, 0.25) is 0 Å². The lowest BCUT2D eigenvalue weighted by Gasteiger charge is -1.99. The third-order valence-electron chi connectivity index (χ3n) is 1.06. The van der Waals surface area contributed by atoms with E-state index < -0.39 is 0 Å². The number of nitrogens with one attached hydrogen (secondary N) is 1. The molecule has 0 fully saturated rings. The van der Waals surface area contributed by atoms with E-state index in [1.165, 1.54) is 0 Å². The van der Waals surface area contributed by atoms with Crippen molar-refractivity contribution in [3.05, 3.63) is 24.4 Å². The van der Waals surface area contributed by atoms with E-state index in [0.29, 0.717) is 0 Å². The predicted molar refractivity (Wildman–Crippen MR) is 30.1 cm³/mol. The average Bonchev–Trinajstić information content (AvgIpc) is 1.90. The Morgan fingerprint density at radius 1 is 1.50 bits per heavy atom. The fraction of sp³-hybridized carbons (Fsp3) is 0.333. The average molecular weight is 111 g/mol. The molecule has 1 aliphatic rings. The maximum absolute atomic E-state index is 8.54. The van der Waals surface area contributed by atoms with Gasteiger partial charge in [0.05, 0.1) is 0 Å². The molecule has 1 rings (SSSR count). The lowest BCUT2D eigenvalue weighted by molar-refractivity contribution is -0.618. The van der Waals surface area contributed by atoms with Crippen molar-refractivity contribution < 1.29 is 10.4 Å². The monoisotopic (exact) mass is 111 g/mol. The van der Waals surface area contributed by atoms with Crippen molar-refractivity contribution in [2.75, 3.05) is 6.61 Å². The van der Waals surface area contributed by atoms with Crippen LogP contribution in [0.4, 0.5) is 0 Å². The van der Waals surface area contributed by atoms with Crippen LogP contribution in [0, 0.1) is 0 Å². The van der Waals surface area contributed by atoms with E-state index >= 15 is 0 Å². The van der Waals surface area contributed by atoms with E-state index in [2.05, 4.69) is 5.32 Å². The summed E-state index contributed by atoms with van der Waals surface area (Å²) >= 11 is 0. The first-order valence-corrected chi connectivity index (χ1v) is 2.64. The predicted octanol–water partition coefficient (Wildman–Crippen LogP) is -1.22. The molecular weight excluding hydrogens is 102 g/mol. The van der Waals surface area contributed by atoms with Crippen molar-refractivity contribution in [2.45, 2.75) is 6.04 Å². The largest absolute Gasteiger partial charge is 0.390 e. The fourth-order valence-corrected chi connectivity index (χ4v) is 0.602. The molecule has 1 unspecified atom stereocenters. The van der Waals surface area contributed by atoms with Gasteiger partial charge in [-0.2, -0.15) is 0 Å². The maximum atomic E-state index is 8.54. The maximum Gasteiger partial charge on any atom is 0.177 e. The van der Waals surface area contributed by atoms with Gasteiger partial charge in [-0.15, -0.1) is 5.32 Å². The lowest BCUT2D eigenvalue weighted by Crippen LogP contribution is -2.85. The molecule has 8 heavy (non-hydrogen) atoms. The molecule has 1 radical (unpaired) electrons. The topological polar surface area (TPSA) is 35.8 Å². The molecule has 1 atom stereocenters. The molecule has 0 aromatic carbocycles. The van der Waals surface area contributed by atoms with Crippen molar-refractivity contribution in [1.29, 1.82) is 0 Å². The fourth-order valence-electron chi connectivity index (χ4n) is 0.602. The molecule has 0 saturated heterocycles. The van der Waals surface area contributed by atoms with E-state index in [4.69, 9.17) is 5.11 Å². The first kappa shape index (κ1) is 5.54. The molecule has 2 nitrogen and oxygen atoms in total. The summed E-state index contributed by atoms with van der Waals surface area (Å²) in [7, 11) is 0. The van der Waals surface area contributed by atoms with Crippen LogP contribution < -0.4 is 5.32 Å². The number of hydrogen-bond donors (Lipinski definition) is 2. The molecule has 43 valence electrons. The summed E-state index contributed by atoms with van der Waals surface area (Å²) in [5, 5.41) is 11.5. The molecule has 0 amide bonds. The highest BCUT2D eigenvalue weighted by Crippen LogP contribution is 1.83. The molecule has 0 saturated carbocycles. The second-order valence-corrected chi connectivity index (χ2v) is 1.70. The van der Waals surface area contributed by atoms with Crippen molar-refractivity contribution in [3.63, 3.8) is 0 Å². The van der Waals surface area contributed by atoms with E-state index in [0.717, 1.165) is 0 Å². The Labute approximate surface area is 48.5 Å². The van der Waals surface area contributed by atoms with Crippen molar-refractivity contribution >= 4 is 0 Å². The number of dihydropyridines is 1. The van der Waals surface area contributed by atoms with Gasteiger partial charge in [-0.3, -0.25) is 0 Å². The Bertz CT molecular complexity index is 118. The van der Waals surface area contributed by atoms with E-state index in [1.54, 1.807) is 0 Å². The van der Waals surface area contributed by atoms with Crippen LogP contribution in [0.15, 0.2) is 24.4 Å². The molecule has 1 heterocycles. The zero-order chi connectivity index (χ0) is 5.82. The summed E-state index contributed by atoms with van der Waals surface area (Å²) in [5.74, 6) is 0. The second kappa shape index (κ2) is 2.64. The Balaban J connectivity index is 2.40. The van der Waals surface area contributed by atoms with Gasteiger partial charge in [-0.25, -0.2) is 0 Å². The first-order valence-electron chi connectivity index (χ1n) is 2.64. The van der Waals surface area contributed by atoms with E-state index in [9.17, 15) is 0 Å². The van der Waals surface area contributed by atoms with Crippen LogP contribution >= 0.6 is 0 Å². The van der Waals surface area contributed by atoms with Crippen LogP contribution in [0.25, 0.3) is 0 Å². The minimum absolute atomic E-state index is 0.125. The highest BCUT2D eigenvalue weighted by atomic mass is 16.3. The van der Waals surface area contributed by atoms with Crippen LogP contribution in [0.3, 0.4) is 0 Å². The number of aliphatic hydroxyl groups excluding tert-OH is 1. The molecule has 0 aromatic rings. The Morgan fingerprint density at radius 3 is 2.75 bits per heavy atom. The standard InChI is InChI=1S/C6H9NO/c8-5-6-3-1-2-4-7-6/h1-4,6-8H,5H2/q+1. The van der Waals surface area contributed by atoms with Crippen molar-refractivity contribution in [1.82, 2.24) is 0 Å². The smallest absolute Gasteiger partial charge is 0.177 e. The molecule has 2 heteroatoms. The third kappa shape index (κ3) is 1.18. The van der Waals surface area contributed by atoms with Gasteiger partial charge in [0.1, 0.15) is 12.8 Å². The van der Waals surface area contributed by atoms with Gasteiger partial charge >= 0.3 is 0 Å². The minimum Gasteiger partial charge on any atom is -0.390 e. The molecule has 0 bridgehead atoms. The lowest BCUT2D eigenvalue weighted by atomic mass is 10.2. The normalized spacial score (nSPS) is 26.4. The van der Waals surface area contributed by atoms with E-state index in [-0.39, 0.29) is 12.6 Å². The molecule has 2 N–H and O–H groups in total. The van der Waals surface area contributed by atoms with Gasteiger partial charge in [-0.05, 0) is 12.2 Å². The van der Waals surface area contributed by atoms with Crippen LogP contribution in [-0.4, -0.2) is 17.8 Å². The Kier molecular flexibility index (Phi) is 1.83. The van der Waals surface area contributed by atoms with E-state index in [1.807, 2.05) is 24.4 Å². The van der Waals surface area contributed by atoms with Gasteiger partial charge in [0, 0.05) is 0 Å². The molecule has 0 spiro atoms. The van der Waals surface area contributed by atoms with Crippen LogP contribution in [-0.2, 0) is 0 Å². The number of aliphatic hydroxyl groups is 1. The summed E-state index contributed by atoms with van der Waals surface area (Å²) in [4.78, 5) is 0. The molecule has 0 aromatic heterocycles. The minimum atomic E-state index is 0.125. The first-order chi connectivity index (χ1) is 3.93. The third-order valence-corrected chi connectivity index (χ3v) is 1.06. The van der Waals surface area contributed by atoms with Gasteiger partial charge < -0.3 is 5.11 Å². The van der Waals surface area contributed by atoms with Crippen molar-refractivity contribution in [2.24, 2.45) is 0 Å². The van der Waals surface area contributed by atoms with Crippen molar-refractivity contribution in [3.8, 4) is 0 Å². The highest BCUT2D eigenvalue weighted by molar-refractivity contribution is 5.04. The quantitative estimate of drug-likeness (QED) is 0.437. The Hall–Kier alpha value is -0.600. The number of rotatable bonds is 1. The van der Waals surface area contributed by atoms with Crippen LogP contribution in [0.5, 0.6) is 0 Å². The van der Waals surface area contributed by atoms with Gasteiger partial charge in [-0.1, -0.05) is 6.08 Å². The number of hydrogen-bond acceptors (Lipinski definition) is 2. The SMILES string of the molecule is OCC1C=CC=C[NH+]1. The van der Waals surface area contributed by atoms with Gasteiger partial charge in [0.25, 0.3) is 0 Å². The van der Waals surface area contributed by atoms with Gasteiger partial charge in [0.15, 0.2) is 6.04 Å². The van der Waals surface area contributed by atoms with Gasteiger partial charge in [0.2, 0.25) is 0 Å². The summed E-state index contributed by atoms with van der Waals surface area (Å²) in [6.45, 7) is 0.167. The highest BCUT2D eigenvalue weighted by Gasteiger charge is 2.08. The summed E-state index contributed by atoms with van der Waals surface area (Å²) in [5.41, 5.74) is 0. The second-order valence-electron chi connectivity index (χ2n) is 1.70. The summed E-state index contributed by atoms with van der Waals surface area (Å²) in [6.07, 6.45) is 7.55. The summed E-state index contributed by atoms with van der Waals surface area (Å²) in [6, 6.07) is 0.125. The number of allylic oxidation sites excluding steroid dienone is 2. The molecule has 1 aliphatic heterocycles. The van der Waals surface area contributed by atoms with Crippen LogP contribution in [0.1, 0.15) is 0 Å².